The van der Waals surface area contributed by atoms with E-state index < -0.39 is 9.84 Å². The largest absolute Gasteiger partial charge is 0.497 e. The summed E-state index contributed by atoms with van der Waals surface area (Å²) in [6.45, 7) is 2.04. The molecule has 10 heteroatoms. The van der Waals surface area contributed by atoms with E-state index in [0.29, 0.717) is 22.4 Å². The number of para-hydroxylation sites is 1. The Morgan fingerprint density at radius 1 is 1.18 bits per heavy atom. The number of nitrogens with zero attached hydrogens (tertiary/aromatic N) is 2. The van der Waals surface area contributed by atoms with Gasteiger partial charge in [0.2, 0.25) is 5.91 Å². The van der Waals surface area contributed by atoms with Gasteiger partial charge in [-0.05, 0) is 30.2 Å². The molecule has 0 unspecified atom stereocenters. The van der Waals surface area contributed by atoms with Crippen LogP contribution in [0.5, 0.6) is 11.5 Å². The number of carbonyl (C=O) groups is 1. The third kappa shape index (κ3) is 4.96. The molecule has 2 aliphatic heterocycles. The number of ether oxygens (including phenoxy) is 2. The first kappa shape index (κ1) is 23.4. The molecular formula is C23H27N3O5S2. The first-order valence-electron chi connectivity index (χ1n) is 10.6. The number of carbonyl (C=O) groups excluding carboxylic acids is 1. The summed E-state index contributed by atoms with van der Waals surface area (Å²) in [7, 11) is -0.0617. The molecule has 0 spiro atoms. The molecule has 2 aromatic carbocycles. The number of sulfone groups is 1. The summed E-state index contributed by atoms with van der Waals surface area (Å²) in [6, 6.07) is 12.4. The molecule has 2 atom stereocenters. The maximum Gasteiger partial charge on any atom is 0.234 e. The van der Waals surface area contributed by atoms with Gasteiger partial charge in [-0.3, -0.25) is 9.79 Å². The standard InChI is InChI=1S/C23H27N3O5S2/c1-4-15-7-5-6-8-17(15)24-22(27)12-32-23-25-18-13-33(28,29)14-20(18)26(23)19-11-16(30-2)9-10-21(19)31-3/h5-11,18,20H,4,12-14H2,1-3H3,(H,24,27)/t18-,20-/m0/s1. The van der Waals surface area contributed by atoms with Crippen molar-refractivity contribution in [3.05, 3.63) is 48.0 Å². The highest BCUT2D eigenvalue weighted by Gasteiger charge is 2.48. The molecule has 1 N–H and O–H groups in total. The van der Waals surface area contributed by atoms with E-state index in [2.05, 4.69) is 5.32 Å². The molecule has 0 aliphatic carbocycles. The van der Waals surface area contributed by atoms with Crippen molar-refractivity contribution in [2.24, 2.45) is 4.99 Å². The summed E-state index contributed by atoms with van der Waals surface area (Å²) in [6.07, 6.45) is 0.817. The summed E-state index contributed by atoms with van der Waals surface area (Å²) >= 11 is 1.29. The quantitative estimate of drug-likeness (QED) is 0.639. The van der Waals surface area contributed by atoms with Crippen LogP contribution in [-0.4, -0.2) is 63.1 Å². The fourth-order valence-corrected chi connectivity index (χ4v) is 6.93. The number of hydrogen-bond acceptors (Lipinski definition) is 8. The minimum atomic E-state index is -3.19. The predicted octanol–water partition coefficient (Wildman–Crippen LogP) is 2.98. The summed E-state index contributed by atoms with van der Waals surface area (Å²) in [5.41, 5.74) is 2.54. The molecule has 33 heavy (non-hydrogen) atoms. The smallest absolute Gasteiger partial charge is 0.234 e. The van der Waals surface area contributed by atoms with E-state index in [9.17, 15) is 13.2 Å². The minimum absolute atomic E-state index is 0.000578. The zero-order valence-corrected chi connectivity index (χ0v) is 20.4. The topological polar surface area (TPSA) is 97.3 Å². The number of aryl methyl sites for hydroxylation is 1. The van der Waals surface area contributed by atoms with E-state index in [1.165, 1.54) is 11.8 Å². The van der Waals surface area contributed by atoms with Gasteiger partial charge in [0.1, 0.15) is 11.5 Å². The van der Waals surface area contributed by atoms with Crippen molar-refractivity contribution >= 4 is 44.0 Å². The normalized spacial score (nSPS) is 20.8. The summed E-state index contributed by atoms with van der Waals surface area (Å²) < 4.78 is 35.5. The Kier molecular flexibility index (Phi) is 6.85. The van der Waals surface area contributed by atoms with Crippen molar-refractivity contribution in [2.75, 3.05) is 41.7 Å². The number of methoxy groups -OCH3 is 2. The number of rotatable bonds is 7. The number of hydrogen-bond donors (Lipinski definition) is 1. The summed E-state index contributed by atoms with van der Waals surface area (Å²) in [5.74, 6) is 1.20. The summed E-state index contributed by atoms with van der Waals surface area (Å²) in [4.78, 5) is 19.3. The third-order valence-corrected chi connectivity index (χ3v) is 8.42. The SMILES string of the molecule is CCc1ccccc1NC(=O)CSC1=N[C@H]2CS(=O)(=O)C[C@@H]2N1c1cc(OC)ccc1OC. The molecule has 1 amide bonds. The molecule has 2 heterocycles. The highest BCUT2D eigenvalue weighted by Crippen LogP contribution is 2.41. The van der Waals surface area contributed by atoms with Crippen molar-refractivity contribution in [1.29, 1.82) is 0 Å². The highest BCUT2D eigenvalue weighted by molar-refractivity contribution is 8.14. The second-order valence-electron chi connectivity index (χ2n) is 7.88. The predicted molar refractivity (Wildman–Crippen MR) is 133 cm³/mol. The zero-order chi connectivity index (χ0) is 23.6. The molecule has 0 saturated carbocycles. The summed E-state index contributed by atoms with van der Waals surface area (Å²) in [5, 5.41) is 3.57. The molecular weight excluding hydrogens is 462 g/mol. The molecule has 2 aromatic rings. The number of amides is 1. The van der Waals surface area contributed by atoms with Crippen molar-refractivity contribution in [3.8, 4) is 11.5 Å². The average molecular weight is 490 g/mol. The molecule has 176 valence electrons. The average Bonchev–Trinajstić information content (AvgIpc) is 3.28. The van der Waals surface area contributed by atoms with Gasteiger partial charge in [0.05, 0.1) is 49.2 Å². The zero-order valence-electron chi connectivity index (χ0n) is 18.8. The van der Waals surface area contributed by atoms with Crippen LogP contribution >= 0.6 is 11.8 Å². The molecule has 0 aromatic heterocycles. The number of fused-ring (bicyclic) bond motifs is 1. The van der Waals surface area contributed by atoms with Crippen LogP contribution in [0.3, 0.4) is 0 Å². The molecule has 2 aliphatic rings. The van der Waals surface area contributed by atoms with Gasteiger partial charge in [-0.15, -0.1) is 0 Å². The Hall–Kier alpha value is -2.72. The number of amidine groups is 1. The highest BCUT2D eigenvalue weighted by atomic mass is 32.2. The van der Waals surface area contributed by atoms with Gasteiger partial charge in [-0.25, -0.2) is 8.42 Å². The van der Waals surface area contributed by atoms with Crippen LogP contribution in [0.1, 0.15) is 12.5 Å². The van der Waals surface area contributed by atoms with Crippen LogP contribution in [0, 0.1) is 0 Å². The monoisotopic (exact) mass is 489 g/mol. The maximum atomic E-state index is 12.7. The fourth-order valence-electron chi connectivity index (χ4n) is 4.17. The first-order chi connectivity index (χ1) is 15.8. The maximum absolute atomic E-state index is 12.7. The fraction of sp³-hybridized carbons (Fsp3) is 0.391. The molecule has 8 nitrogen and oxygen atoms in total. The Balaban J connectivity index is 1.58. The lowest BCUT2D eigenvalue weighted by atomic mass is 10.1. The third-order valence-electron chi connectivity index (χ3n) is 5.76. The van der Waals surface area contributed by atoms with Crippen LogP contribution in [0.25, 0.3) is 0 Å². The Morgan fingerprint density at radius 2 is 1.97 bits per heavy atom. The van der Waals surface area contributed by atoms with Crippen LogP contribution in [0.2, 0.25) is 0 Å². The van der Waals surface area contributed by atoms with Gasteiger partial charge in [-0.1, -0.05) is 36.9 Å². The lowest BCUT2D eigenvalue weighted by molar-refractivity contribution is -0.113. The Labute approximate surface area is 198 Å². The first-order valence-corrected chi connectivity index (χ1v) is 13.5. The van der Waals surface area contributed by atoms with Gasteiger partial charge in [0.15, 0.2) is 15.0 Å². The Bertz CT molecular complexity index is 1180. The van der Waals surface area contributed by atoms with Gasteiger partial charge in [0, 0.05) is 11.8 Å². The lowest BCUT2D eigenvalue weighted by Crippen LogP contribution is -2.39. The van der Waals surface area contributed by atoms with E-state index in [1.54, 1.807) is 32.4 Å². The lowest BCUT2D eigenvalue weighted by Gasteiger charge is -2.28. The van der Waals surface area contributed by atoms with Crippen LogP contribution in [-0.2, 0) is 21.1 Å². The molecule has 1 saturated heterocycles. The van der Waals surface area contributed by atoms with E-state index in [1.807, 2.05) is 36.1 Å². The van der Waals surface area contributed by atoms with E-state index in [4.69, 9.17) is 14.5 Å². The molecule has 0 bridgehead atoms. The van der Waals surface area contributed by atoms with Crippen LogP contribution < -0.4 is 19.7 Å². The van der Waals surface area contributed by atoms with Crippen molar-refractivity contribution < 1.29 is 22.7 Å². The second-order valence-corrected chi connectivity index (χ2v) is 11.0. The number of benzene rings is 2. The van der Waals surface area contributed by atoms with E-state index in [0.717, 1.165) is 17.7 Å². The minimum Gasteiger partial charge on any atom is -0.497 e. The van der Waals surface area contributed by atoms with Crippen molar-refractivity contribution in [1.82, 2.24) is 0 Å². The van der Waals surface area contributed by atoms with Crippen LogP contribution in [0.15, 0.2) is 47.5 Å². The van der Waals surface area contributed by atoms with Gasteiger partial charge >= 0.3 is 0 Å². The molecule has 4 rings (SSSR count). The van der Waals surface area contributed by atoms with Gasteiger partial charge < -0.3 is 19.7 Å². The Morgan fingerprint density at radius 3 is 2.70 bits per heavy atom. The second kappa shape index (κ2) is 9.64. The van der Waals surface area contributed by atoms with Gasteiger partial charge in [-0.2, -0.15) is 0 Å². The number of nitrogens with one attached hydrogen (secondary N) is 1. The number of thioether (sulfide) groups is 1. The van der Waals surface area contributed by atoms with Gasteiger partial charge in [0.25, 0.3) is 0 Å². The van der Waals surface area contributed by atoms with E-state index >= 15 is 0 Å². The van der Waals surface area contributed by atoms with Crippen molar-refractivity contribution in [2.45, 2.75) is 25.4 Å². The number of aliphatic imine (C=N–C) groups is 1. The van der Waals surface area contributed by atoms with Crippen LogP contribution in [0.4, 0.5) is 11.4 Å². The number of anilines is 2. The molecule has 1 fully saturated rings. The molecule has 0 radical (unpaired) electrons. The van der Waals surface area contributed by atoms with E-state index in [-0.39, 0.29) is 35.2 Å². The van der Waals surface area contributed by atoms with Crippen molar-refractivity contribution in [3.63, 3.8) is 0 Å².